The highest BCUT2D eigenvalue weighted by atomic mass is 14.6. The molecule has 14 heavy (non-hydrogen) atoms. The summed E-state index contributed by atoms with van der Waals surface area (Å²) in [5.41, 5.74) is 0.699. The molecule has 1 fully saturated rings. The fraction of sp³-hybridized carbons (Fsp3) is 1.00. The summed E-state index contributed by atoms with van der Waals surface area (Å²) in [7, 11) is 0. The Labute approximate surface area is 90.5 Å². The number of unbranched alkanes of at least 4 members (excludes halogenated alkanes) is 1. The molecule has 0 bridgehead atoms. The Kier molecular flexibility index (Phi) is 4.04. The molecule has 1 saturated carbocycles. The highest BCUT2D eigenvalue weighted by Crippen LogP contribution is 2.62. The maximum Gasteiger partial charge on any atom is -0.0266 e. The summed E-state index contributed by atoms with van der Waals surface area (Å²) in [6.45, 7) is 12.1. The summed E-state index contributed by atoms with van der Waals surface area (Å²) in [6.07, 6.45) is 7.08. The Morgan fingerprint density at radius 2 is 1.93 bits per heavy atom. The van der Waals surface area contributed by atoms with Crippen LogP contribution in [0.25, 0.3) is 0 Å². The maximum atomic E-state index is 2.52. The van der Waals surface area contributed by atoms with Gasteiger partial charge in [-0.05, 0) is 29.6 Å². The SMILES string of the molecule is CCCCC(C)C1(C)CC1C(C)CC. The van der Waals surface area contributed by atoms with Gasteiger partial charge in [0.2, 0.25) is 0 Å². The number of hydrogen-bond acceptors (Lipinski definition) is 0. The third-order valence-corrected chi connectivity index (χ3v) is 4.79. The van der Waals surface area contributed by atoms with Crippen molar-refractivity contribution in [1.29, 1.82) is 0 Å². The van der Waals surface area contributed by atoms with Crippen molar-refractivity contribution in [3.8, 4) is 0 Å². The molecule has 4 atom stereocenters. The van der Waals surface area contributed by atoms with Gasteiger partial charge in [0.15, 0.2) is 0 Å². The molecular weight excluding hydrogens is 168 g/mol. The summed E-state index contributed by atoms with van der Waals surface area (Å²) < 4.78 is 0. The van der Waals surface area contributed by atoms with Gasteiger partial charge in [0, 0.05) is 0 Å². The summed E-state index contributed by atoms with van der Waals surface area (Å²) in [5, 5.41) is 0. The molecule has 1 aliphatic rings. The first-order valence-corrected chi connectivity index (χ1v) is 6.56. The van der Waals surface area contributed by atoms with Crippen LogP contribution in [0.4, 0.5) is 0 Å². The second kappa shape index (κ2) is 4.68. The van der Waals surface area contributed by atoms with Gasteiger partial charge in [0.1, 0.15) is 0 Å². The normalized spacial score (nSPS) is 35.4. The third-order valence-electron chi connectivity index (χ3n) is 4.79. The van der Waals surface area contributed by atoms with E-state index in [1.54, 1.807) is 0 Å². The molecule has 0 aromatic carbocycles. The summed E-state index contributed by atoms with van der Waals surface area (Å²) >= 11 is 0. The van der Waals surface area contributed by atoms with Crippen molar-refractivity contribution >= 4 is 0 Å². The lowest BCUT2D eigenvalue weighted by Gasteiger charge is -2.22. The first-order chi connectivity index (χ1) is 6.56. The van der Waals surface area contributed by atoms with E-state index in [1.165, 1.54) is 32.1 Å². The van der Waals surface area contributed by atoms with Crippen molar-refractivity contribution < 1.29 is 0 Å². The Hall–Kier alpha value is 0. The Balaban J connectivity index is 2.38. The molecule has 0 aromatic heterocycles. The number of rotatable bonds is 6. The summed E-state index contributed by atoms with van der Waals surface area (Å²) in [5.74, 6) is 2.92. The lowest BCUT2D eigenvalue weighted by atomic mass is 9.83. The van der Waals surface area contributed by atoms with Crippen molar-refractivity contribution in [2.24, 2.45) is 23.2 Å². The van der Waals surface area contributed by atoms with Gasteiger partial charge >= 0.3 is 0 Å². The average Bonchev–Trinajstić information content (AvgIpc) is 2.87. The second-order valence-electron chi connectivity index (χ2n) is 5.75. The second-order valence-corrected chi connectivity index (χ2v) is 5.75. The topological polar surface area (TPSA) is 0 Å². The summed E-state index contributed by atoms with van der Waals surface area (Å²) in [6, 6.07) is 0. The van der Waals surface area contributed by atoms with Gasteiger partial charge in [-0.25, -0.2) is 0 Å². The van der Waals surface area contributed by atoms with Crippen molar-refractivity contribution in [3.63, 3.8) is 0 Å². The van der Waals surface area contributed by atoms with Crippen LogP contribution in [0.2, 0.25) is 0 Å². The van der Waals surface area contributed by atoms with Crippen LogP contribution in [-0.2, 0) is 0 Å². The van der Waals surface area contributed by atoms with Crippen molar-refractivity contribution in [1.82, 2.24) is 0 Å². The van der Waals surface area contributed by atoms with Gasteiger partial charge in [-0.3, -0.25) is 0 Å². The minimum Gasteiger partial charge on any atom is -0.0654 e. The van der Waals surface area contributed by atoms with E-state index in [1.807, 2.05) is 0 Å². The van der Waals surface area contributed by atoms with Gasteiger partial charge in [-0.2, -0.15) is 0 Å². The molecule has 84 valence electrons. The van der Waals surface area contributed by atoms with Crippen molar-refractivity contribution in [2.75, 3.05) is 0 Å². The Morgan fingerprint density at radius 1 is 1.29 bits per heavy atom. The van der Waals surface area contributed by atoms with Crippen LogP contribution in [0.5, 0.6) is 0 Å². The first-order valence-electron chi connectivity index (χ1n) is 6.56. The van der Waals surface area contributed by atoms with E-state index in [9.17, 15) is 0 Å². The molecule has 4 unspecified atom stereocenters. The summed E-state index contributed by atoms with van der Waals surface area (Å²) in [4.78, 5) is 0. The van der Waals surface area contributed by atoms with Gasteiger partial charge in [-0.15, -0.1) is 0 Å². The fourth-order valence-electron chi connectivity index (χ4n) is 2.96. The Morgan fingerprint density at radius 3 is 2.43 bits per heavy atom. The average molecular weight is 196 g/mol. The maximum absolute atomic E-state index is 2.52. The minimum atomic E-state index is 0.699. The fourth-order valence-corrected chi connectivity index (χ4v) is 2.96. The van der Waals surface area contributed by atoms with Gasteiger partial charge < -0.3 is 0 Å². The molecule has 1 rings (SSSR count). The Bertz CT molecular complexity index is 173. The molecule has 0 spiro atoms. The molecule has 0 aromatic rings. The van der Waals surface area contributed by atoms with E-state index in [0.717, 1.165) is 17.8 Å². The van der Waals surface area contributed by atoms with E-state index in [4.69, 9.17) is 0 Å². The van der Waals surface area contributed by atoms with E-state index >= 15 is 0 Å². The third kappa shape index (κ3) is 2.32. The van der Waals surface area contributed by atoms with Crippen LogP contribution in [-0.4, -0.2) is 0 Å². The predicted molar refractivity (Wildman–Crippen MR) is 64.4 cm³/mol. The molecule has 0 heterocycles. The molecule has 1 aliphatic carbocycles. The molecule has 0 nitrogen and oxygen atoms in total. The standard InChI is InChI=1S/C14H28/c1-6-8-9-12(4)14(5)10-13(14)11(3)7-2/h11-13H,6-10H2,1-5H3. The van der Waals surface area contributed by atoms with Crippen LogP contribution in [0.1, 0.15) is 66.7 Å². The lowest BCUT2D eigenvalue weighted by Crippen LogP contribution is -2.14. The van der Waals surface area contributed by atoms with Crippen LogP contribution in [0, 0.1) is 23.2 Å². The smallest absolute Gasteiger partial charge is 0.0266 e. The molecular formula is C14H28. The minimum absolute atomic E-state index is 0.699. The zero-order chi connectivity index (χ0) is 10.8. The molecule has 0 aliphatic heterocycles. The zero-order valence-electron chi connectivity index (χ0n) is 10.8. The predicted octanol–water partition coefficient (Wildman–Crippen LogP) is 4.89. The van der Waals surface area contributed by atoms with E-state index in [0.29, 0.717) is 5.41 Å². The molecule has 0 N–H and O–H groups in total. The molecule has 0 heteroatoms. The van der Waals surface area contributed by atoms with Crippen molar-refractivity contribution in [3.05, 3.63) is 0 Å². The van der Waals surface area contributed by atoms with Gasteiger partial charge in [-0.1, -0.05) is 60.3 Å². The molecule has 0 amide bonds. The largest absolute Gasteiger partial charge is 0.0654 e. The highest BCUT2D eigenvalue weighted by molar-refractivity contribution is 5.03. The lowest BCUT2D eigenvalue weighted by molar-refractivity contribution is 0.272. The molecule has 0 radical (unpaired) electrons. The first kappa shape index (κ1) is 12.1. The quantitative estimate of drug-likeness (QED) is 0.567. The monoisotopic (exact) mass is 196 g/mol. The van der Waals surface area contributed by atoms with E-state index in [2.05, 4.69) is 34.6 Å². The number of hydrogen-bond donors (Lipinski definition) is 0. The zero-order valence-corrected chi connectivity index (χ0v) is 10.8. The van der Waals surface area contributed by atoms with Crippen LogP contribution in [0.15, 0.2) is 0 Å². The molecule has 0 saturated heterocycles. The van der Waals surface area contributed by atoms with Gasteiger partial charge in [0.05, 0.1) is 0 Å². The van der Waals surface area contributed by atoms with Crippen LogP contribution in [0.3, 0.4) is 0 Å². The van der Waals surface area contributed by atoms with E-state index in [-0.39, 0.29) is 0 Å². The highest BCUT2D eigenvalue weighted by Gasteiger charge is 2.54. The van der Waals surface area contributed by atoms with Crippen molar-refractivity contribution in [2.45, 2.75) is 66.7 Å². The van der Waals surface area contributed by atoms with E-state index < -0.39 is 0 Å². The van der Waals surface area contributed by atoms with Crippen LogP contribution < -0.4 is 0 Å². The van der Waals surface area contributed by atoms with Gasteiger partial charge in [0.25, 0.3) is 0 Å². The van der Waals surface area contributed by atoms with Crippen LogP contribution >= 0.6 is 0 Å².